The number of nitrogens with one attached hydrogen (secondary N) is 2. The number of aliphatic hydroxyl groups excluding tert-OH is 1. The SMILES string of the molecule is O=C(O)CCC(Cc1ccccc1)NC(=O)N[C@@H]1CCCCC[C@H]1O. The Kier molecular flexibility index (Phi) is 7.73. The van der Waals surface area contributed by atoms with Crippen molar-refractivity contribution < 1.29 is 19.8 Å². The highest BCUT2D eigenvalue weighted by atomic mass is 16.4. The van der Waals surface area contributed by atoms with Gasteiger partial charge in [-0.2, -0.15) is 0 Å². The Morgan fingerprint density at radius 2 is 1.84 bits per heavy atom. The summed E-state index contributed by atoms with van der Waals surface area (Å²) >= 11 is 0. The lowest BCUT2D eigenvalue weighted by atomic mass is 10.0. The summed E-state index contributed by atoms with van der Waals surface area (Å²) in [5.74, 6) is -0.875. The van der Waals surface area contributed by atoms with Gasteiger partial charge in [-0.3, -0.25) is 4.79 Å². The fourth-order valence-corrected chi connectivity index (χ4v) is 3.27. The molecule has 138 valence electrons. The number of carboxylic acid groups (broad SMARTS) is 1. The molecule has 1 saturated carbocycles. The Labute approximate surface area is 148 Å². The van der Waals surface area contributed by atoms with Gasteiger partial charge in [0.05, 0.1) is 12.1 Å². The van der Waals surface area contributed by atoms with Crippen LogP contribution in [0.1, 0.15) is 50.5 Å². The number of amides is 2. The molecule has 25 heavy (non-hydrogen) atoms. The number of hydrogen-bond donors (Lipinski definition) is 4. The number of benzene rings is 1. The molecule has 2 rings (SSSR count). The van der Waals surface area contributed by atoms with Gasteiger partial charge in [0.25, 0.3) is 0 Å². The molecule has 1 aromatic rings. The number of carboxylic acids is 1. The average Bonchev–Trinajstić information content (AvgIpc) is 2.78. The van der Waals surface area contributed by atoms with E-state index in [2.05, 4.69) is 10.6 Å². The van der Waals surface area contributed by atoms with E-state index in [1.54, 1.807) is 0 Å². The lowest BCUT2D eigenvalue weighted by molar-refractivity contribution is -0.137. The first kappa shape index (κ1) is 19.2. The predicted octanol–water partition coefficient (Wildman–Crippen LogP) is 2.46. The van der Waals surface area contributed by atoms with E-state index in [-0.39, 0.29) is 24.5 Å². The second-order valence-corrected chi connectivity index (χ2v) is 6.75. The molecule has 1 aliphatic carbocycles. The molecule has 1 unspecified atom stereocenters. The number of urea groups is 1. The average molecular weight is 348 g/mol. The summed E-state index contributed by atoms with van der Waals surface area (Å²) in [7, 11) is 0. The van der Waals surface area contributed by atoms with E-state index in [0.717, 1.165) is 31.2 Å². The van der Waals surface area contributed by atoms with Crippen LogP contribution in [0.2, 0.25) is 0 Å². The first-order chi connectivity index (χ1) is 12.0. The monoisotopic (exact) mass is 348 g/mol. The summed E-state index contributed by atoms with van der Waals surface area (Å²) in [5, 5.41) is 24.8. The molecule has 2 amide bonds. The van der Waals surface area contributed by atoms with Crippen LogP contribution in [0.5, 0.6) is 0 Å². The largest absolute Gasteiger partial charge is 0.481 e. The number of hydrogen-bond acceptors (Lipinski definition) is 3. The molecule has 6 heteroatoms. The molecule has 0 bridgehead atoms. The van der Waals surface area contributed by atoms with Gasteiger partial charge in [0.1, 0.15) is 0 Å². The zero-order valence-electron chi connectivity index (χ0n) is 14.5. The molecular weight excluding hydrogens is 320 g/mol. The Bertz CT molecular complexity index is 550. The lowest BCUT2D eigenvalue weighted by Crippen LogP contribution is -2.50. The first-order valence-electron chi connectivity index (χ1n) is 9.05. The Morgan fingerprint density at radius 1 is 1.12 bits per heavy atom. The van der Waals surface area contributed by atoms with E-state index in [9.17, 15) is 14.7 Å². The maximum absolute atomic E-state index is 12.3. The fraction of sp³-hybridized carbons (Fsp3) is 0.579. The van der Waals surface area contributed by atoms with Crippen molar-refractivity contribution in [1.29, 1.82) is 0 Å². The highest BCUT2D eigenvalue weighted by Gasteiger charge is 2.24. The van der Waals surface area contributed by atoms with E-state index < -0.39 is 12.1 Å². The van der Waals surface area contributed by atoms with E-state index in [0.29, 0.717) is 19.3 Å². The van der Waals surface area contributed by atoms with E-state index in [1.165, 1.54) is 0 Å². The number of rotatable bonds is 7. The van der Waals surface area contributed by atoms with Gasteiger partial charge < -0.3 is 20.8 Å². The van der Waals surface area contributed by atoms with Crippen molar-refractivity contribution in [2.75, 3.05) is 0 Å². The van der Waals surface area contributed by atoms with Crippen LogP contribution in [0.25, 0.3) is 0 Å². The van der Waals surface area contributed by atoms with Crippen molar-refractivity contribution in [1.82, 2.24) is 10.6 Å². The Balaban J connectivity index is 1.91. The molecule has 4 N–H and O–H groups in total. The van der Waals surface area contributed by atoms with Crippen LogP contribution in [0.4, 0.5) is 4.79 Å². The minimum Gasteiger partial charge on any atom is -0.481 e. The minimum atomic E-state index is -0.875. The zero-order valence-corrected chi connectivity index (χ0v) is 14.5. The molecule has 0 aromatic heterocycles. The maximum atomic E-state index is 12.3. The van der Waals surface area contributed by atoms with Crippen LogP contribution >= 0.6 is 0 Å². The summed E-state index contributed by atoms with van der Waals surface area (Å²) in [6.07, 6.45) is 4.96. The topological polar surface area (TPSA) is 98.7 Å². The van der Waals surface area contributed by atoms with Crippen LogP contribution in [0, 0.1) is 0 Å². The zero-order chi connectivity index (χ0) is 18.1. The fourth-order valence-electron chi connectivity index (χ4n) is 3.27. The minimum absolute atomic E-state index is 0.00380. The van der Waals surface area contributed by atoms with E-state index in [1.807, 2.05) is 30.3 Å². The quantitative estimate of drug-likeness (QED) is 0.569. The second-order valence-electron chi connectivity index (χ2n) is 6.75. The van der Waals surface area contributed by atoms with Gasteiger partial charge in [0.2, 0.25) is 0 Å². The lowest BCUT2D eigenvalue weighted by Gasteiger charge is -2.24. The second kappa shape index (κ2) is 10.0. The smallest absolute Gasteiger partial charge is 0.315 e. The summed E-state index contributed by atoms with van der Waals surface area (Å²) in [6, 6.07) is 8.85. The third-order valence-corrected chi connectivity index (χ3v) is 4.66. The summed E-state index contributed by atoms with van der Waals surface area (Å²) in [4.78, 5) is 23.2. The molecule has 0 spiro atoms. The van der Waals surface area contributed by atoms with Crippen molar-refractivity contribution in [2.24, 2.45) is 0 Å². The molecule has 0 saturated heterocycles. The van der Waals surface area contributed by atoms with E-state index in [4.69, 9.17) is 5.11 Å². The van der Waals surface area contributed by atoms with Crippen molar-refractivity contribution in [3.05, 3.63) is 35.9 Å². The van der Waals surface area contributed by atoms with Gasteiger partial charge in [0.15, 0.2) is 0 Å². The molecule has 1 fully saturated rings. The standard InChI is InChI=1S/C19H28N2O4/c22-17-10-6-2-5-9-16(17)21-19(25)20-15(11-12-18(23)24)13-14-7-3-1-4-8-14/h1,3-4,7-8,15-17,22H,2,5-6,9-13H2,(H,23,24)(H2,20,21,25)/t15?,16-,17-/m1/s1. The van der Waals surface area contributed by atoms with Crippen LogP contribution in [-0.2, 0) is 11.2 Å². The third-order valence-electron chi connectivity index (χ3n) is 4.66. The van der Waals surface area contributed by atoms with Crippen LogP contribution < -0.4 is 10.6 Å². The van der Waals surface area contributed by atoms with Gasteiger partial charge >= 0.3 is 12.0 Å². The maximum Gasteiger partial charge on any atom is 0.315 e. The van der Waals surface area contributed by atoms with Crippen molar-refractivity contribution in [3.8, 4) is 0 Å². The Hall–Kier alpha value is -2.08. The summed E-state index contributed by atoms with van der Waals surface area (Å²) < 4.78 is 0. The number of carbonyl (C=O) groups is 2. The van der Waals surface area contributed by atoms with Crippen molar-refractivity contribution >= 4 is 12.0 Å². The normalized spacial score (nSPS) is 21.8. The number of aliphatic hydroxyl groups is 1. The van der Waals surface area contributed by atoms with Gasteiger partial charge in [-0.05, 0) is 31.2 Å². The van der Waals surface area contributed by atoms with Gasteiger partial charge in [-0.25, -0.2) is 4.79 Å². The molecule has 1 aromatic carbocycles. The van der Waals surface area contributed by atoms with Crippen molar-refractivity contribution in [3.63, 3.8) is 0 Å². The molecule has 0 aliphatic heterocycles. The molecular formula is C19H28N2O4. The van der Waals surface area contributed by atoms with Gasteiger partial charge in [-0.15, -0.1) is 0 Å². The van der Waals surface area contributed by atoms with Crippen LogP contribution in [0.15, 0.2) is 30.3 Å². The van der Waals surface area contributed by atoms with Crippen LogP contribution in [-0.4, -0.2) is 40.4 Å². The molecule has 0 radical (unpaired) electrons. The molecule has 3 atom stereocenters. The summed E-state index contributed by atoms with van der Waals surface area (Å²) in [5.41, 5.74) is 1.05. The predicted molar refractivity (Wildman–Crippen MR) is 95.4 cm³/mol. The van der Waals surface area contributed by atoms with Gasteiger partial charge in [-0.1, -0.05) is 49.6 Å². The molecule has 0 heterocycles. The molecule has 6 nitrogen and oxygen atoms in total. The van der Waals surface area contributed by atoms with E-state index >= 15 is 0 Å². The number of carbonyl (C=O) groups excluding carboxylic acids is 1. The highest BCUT2D eigenvalue weighted by Crippen LogP contribution is 2.18. The number of aliphatic carboxylic acids is 1. The first-order valence-corrected chi connectivity index (χ1v) is 9.05. The van der Waals surface area contributed by atoms with Crippen LogP contribution in [0.3, 0.4) is 0 Å². The molecule has 1 aliphatic rings. The Morgan fingerprint density at radius 3 is 2.56 bits per heavy atom. The third kappa shape index (κ3) is 7.13. The summed E-state index contributed by atoms with van der Waals surface area (Å²) in [6.45, 7) is 0. The highest BCUT2D eigenvalue weighted by molar-refractivity contribution is 5.75. The van der Waals surface area contributed by atoms with Gasteiger partial charge in [0, 0.05) is 12.5 Å². The van der Waals surface area contributed by atoms with Crippen molar-refractivity contribution in [2.45, 2.75) is 69.6 Å².